The Morgan fingerprint density at radius 3 is 2.42 bits per heavy atom. The van der Waals surface area contributed by atoms with Gasteiger partial charge in [-0.2, -0.15) is 5.11 Å². The smallest absolute Gasteiger partial charge is 0.294 e. The van der Waals surface area contributed by atoms with E-state index in [4.69, 9.17) is 41.0 Å². The van der Waals surface area contributed by atoms with E-state index in [2.05, 4.69) is 21.1 Å². The number of hydrogen-bond donors (Lipinski definition) is 12. The summed E-state index contributed by atoms with van der Waals surface area (Å²) in [7, 11) is 1.53. The van der Waals surface area contributed by atoms with Crippen molar-refractivity contribution in [1.82, 2.24) is 16.0 Å². The van der Waals surface area contributed by atoms with E-state index in [0.29, 0.717) is 12.8 Å². The summed E-state index contributed by atoms with van der Waals surface area (Å²) in [5, 5.41) is 79.0. The minimum absolute atomic E-state index is 0.0924. The number of nitrogens with zero attached hydrogens (tertiary/aromatic N) is 1. The lowest BCUT2D eigenvalue weighted by atomic mass is 9.83. The maximum Gasteiger partial charge on any atom is 0.294 e. The molecule has 13 atom stereocenters. The number of aliphatic hydroxyl groups is 5. The number of alkyl halides is 2. The molecule has 0 aromatic rings. The molecule has 2 saturated heterocycles. The molecule has 3 fully saturated rings. The van der Waals surface area contributed by atoms with Gasteiger partial charge in [0.25, 0.3) is 6.43 Å². The lowest BCUT2D eigenvalue weighted by Crippen LogP contribution is -2.68. The number of halogens is 2. The van der Waals surface area contributed by atoms with Crippen LogP contribution in [0.2, 0.25) is 0 Å². The average molecular weight is 627 g/mol. The molecule has 7 unspecified atom stereocenters. The van der Waals surface area contributed by atoms with Gasteiger partial charge in [0.15, 0.2) is 18.4 Å². The predicted molar refractivity (Wildman–Crippen MR) is 144 cm³/mol. The Hall–Kier alpha value is -2.04. The van der Waals surface area contributed by atoms with Crippen molar-refractivity contribution in [2.75, 3.05) is 26.8 Å². The Morgan fingerprint density at radius 2 is 1.81 bits per heavy atom. The van der Waals surface area contributed by atoms with Crippen molar-refractivity contribution in [1.29, 1.82) is 16.3 Å². The van der Waals surface area contributed by atoms with E-state index in [1.54, 1.807) is 0 Å². The van der Waals surface area contributed by atoms with E-state index in [1.807, 2.05) is 0 Å². The monoisotopic (exact) mass is 626 g/mol. The SMILES string of the molecule is CN[C@@H]1C(O)[C@@H](OC2C(O)C(O[C@H]3O[C@H](CNC(=N)C(F)F)CCC3N)[C@@H](N=N)C[C@H]2NC(=N)C(O)CO)OCC1(C)O. The molecule has 13 N–H and O–H groups in total. The average Bonchev–Trinajstić information content (AvgIpc) is 2.96. The Bertz CT molecular complexity index is 956. The van der Waals surface area contributed by atoms with Gasteiger partial charge in [-0.25, -0.2) is 14.3 Å². The first-order chi connectivity index (χ1) is 20.2. The van der Waals surface area contributed by atoms with Crippen LogP contribution in [-0.2, 0) is 18.9 Å². The van der Waals surface area contributed by atoms with Gasteiger partial charge in [0.05, 0.1) is 37.4 Å². The molecule has 43 heavy (non-hydrogen) atoms. The molecule has 0 spiro atoms. The summed E-state index contributed by atoms with van der Waals surface area (Å²) in [6.07, 6.45) is -12.7. The Kier molecular flexibility index (Phi) is 12.6. The van der Waals surface area contributed by atoms with Crippen LogP contribution >= 0.6 is 0 Å². The zero-order valence-electron chi connectivity index (χ0n) is 23.9. The third-order valence-corrected chi connectivity index (χ3v) is 7.92. The summed E-state index contributed by atoms with van der Waals surface area (Å²) >= 11 is 0. The van der Waals surface area contributed by atoms with Gasteiger partial charge in [-0.3, -0.25) is 10.8 Å². The van der Waals surface area contributed by atoms with Gasteiger partial charge in [-0.1, -0.05) is 0 Å². The number of aliphatic hydroxyl groups excluding tert-OH is 4. The van der Waals surface area contributed by atoms with E-state index >= 15 is 0 Å². The van der Waals surface area contributed by atoms with Gasteiger partial charge in [0.2, 0.25) is 0 Å². The van der Waals surface area contributed by atoms with E-state index < -0.39 is 104 Å². The highest BCUT2D eigenvalue weighted by Crippen LogP contribution is 2.33. The van der Waals surface area contributed by atoms with Gasteiger partial charge >= 0.3 is 0 Å². The van der Waals surface area contributed by atoms with E-state index in [9.17, 15) is 34.3 Å². The second kappa shape index (κ2) is 15.3. The van der Waals surface area contributed by atoms with E-state index in [0.717, 1.165) is 0 Å². The second-order valence-electron chi connectivity index (χ2n) is 11.2. The molecule has 19 heteroatoms. The summed E-state index contributed by atoms with van der Waals surface area (Å²) < 4.78 is 48.9. The molecule has 0 amide bonds. The molecule has 0 aromatic carbocycles. The van der Waals surface area contributed by atoms with Crippen molar-refractivity contribution in [2.45, 2.75) is 112 Å². The Labute approximate surface area is 246 Å². The molecule has 0 bridgehead atoms. The quantitative estimate of drug-likeness (QED) is 0.0583. The van der Waals surface area contributed by atoms with Crippen molar-refractivity contribution < 1.29 is 53.3 Å². The fourth-order valence-corrected chi connectivity index (χ4v) is 5.51. The third kappa shape index (κ3) is 8.57. The molecule has 3 rings (SSSR count). The van der Waals surface area contributed by atoms with E-state index in [-0.39, 0.29) is 19.6 Å². The largest absolute Gasteiger partial charge is 0.393 e. The molecular formula is C24H44F2N8O9. The highest BCUT2D eigenvalue weighted by molar-refractivity contribution is 5.83. The van der Waals surface area contributed by atoms with Gasteiger partial charge in [0.1, 0.15) is 48.0 Å². The number of nitrogens with two attached hydrogens (primary N) is 1. The van der Waals surface area contributed by atoms with Crippen molar-refractivity contribution in [3.05, 3.63) is 0 Å². The zero-order chi connectivity index (χ0) is 32.1. The number of amidine groups is 2. The van der Waals surface area contributed by atoms with Gasteiger partial charge in [-0.05, 0) is 33.2 Å². The number of nitrogens with one attached hydrogen (secondary N) is 6. The zero-order valence-corrected chi connectivity index (χ0v) is 23.9. The summed E-state index contributed by atoms with van der Waals surface area (Å²) in [6, 6.07) is -3.64. The van der Waals surface area contributed by atoms with Gasteiger partial charge in [0, 0.05) is 6.54 Å². The minimum atomic E-state index is -2.98. The summed E-state index contributed by atoms with van der Waals surface area (Å²) in [4.78, 5) is 0. The summed E-state index contributed by atoms with van der Waals surface area (Å²) in [5.74, 6) is -1.46. The number of ether oxygens (including phenoxy) is 4. The third-order valence-electron chi connectivity index (χ3n) is 7.92. The fourth-order valence-electron chi connectivity index (χ4n) is 5.51. The van der Waals surface area contributed by atoms with Gasteiger partial charge < -0.3 is 66.2 Å². The molecule has 0 radical (unpaired) electrons. The molecule has 1 saturated carbocycles. The summed E-state index contributed by atoms with van der Waals surface area (Å²) in [6.45, 7) is 0.336. The van der Waals surface area contributed by atoms with Crippen molar-refractivity contribution in [2.24, 2.45) is 10.8 Å². The number of rotatable bonds is 12. The highest BCUT2D eigenvalue weighted by atomic mass is 19.3. The molecule has 248 valence electrons. The topological polar surface area (TPSA) is 284 Å². The van der Waals surface area contributed by atoms with Crippen LogP contribution in [0.5, 0.6) is 0 Å². The van der Waals surface area contributed by atoms with Crippen molar-refractivity contribution in [3.8, 4) is 0 Å². The Balaban J connectivity index is 1.82. The van der Waals surface area contributed by atoms with Crippen LogP contribution in [0, 0.1) is 16.3 Å². The first kappa shape index (κ1) is 35.4. The maximum atomic E-state index is 12.7. The molecule has 1 aliphatic carbocycles. The highest BCUT2D eigenvalue weighted by Gasteiger charge is 2.52. The van der Waals surface area contributed by atoms with Crippen molar-refractivity contribution >= 4 is 11.7 Å². The fraction of sp³-hybridized carbons (Fsp3) is 0.917. The first-order valence-corrected chi connectivity index (χ1v) is 13.9. The van der Waals surface area contributed by atoms with Gasteiger partial charge in [-0.15, -0.1) is 0 Å². The maximum absolute atomic E-state index is 12.7. The van der Waals surface area contributed by atoms with Crippen LogP contribution in [0.3, 0.4) is 0 Å². The molecular weight excluding hydrogens is 582 g/mol. The molecule has 2 aliphatic heterocycles. The molecule has 17 nitrogen and oxygen atoms in total. The standard InChI is InChI=1S/C24H44F2N8O9/c1-24(39)8-40-23(15(38)18(24)31-2)43-16-11(33-20(28)13(36)7-35)5-12(34-30)17(14(16)37)42-22-10(27)4-3-9(41-22)6-32-21(29)19(25)26/h9-19,22-23,30-31,35-39H,3-8,27H2,1-2H3,(H2,28,33)(H2,29,32)/t9-,10?,11+,12-,13?,14?,15?,16?,17?,18+,22+,23+,24?/m0/s1. The van der Waals surface area contributed by atoms with Crippen molar-refractivity contribution in [3.63, 3.8) is 0 Å². The predicted octanol–water partition coefficient (Wildman–Crippen LogP) is -3.07. The lowest BCUT2D eigenvalue weighted by Gasteiger charge is -2.49. The van der Waals surface area contributed by atoms with Crippen LogP contribution in [0.1, 0.15) is 26.2 Å². The first-order valence-electron chi connectivity index (χ1n) is 13.9. The van der Waals surface area contributed by atoms with E-state index in [1.165, 1.54) is 14.0 Å². The van der Waals surface area contributed by atoms with Crippen LogP contribution in [0.4, 0.5) is 8.78 Å². The normalized spacial score (nSPS) is 41.0. The minimum Gasteiger partial charge on any atom is -0.393 e. The van der Waals surface area contributed by atoms with Crippen LogP contribution in [-0.4, -0.2) is 149 Å². The van der Waals surface area contributed by atoms with Crippen LogP contribution in [0.25, 0.3) is 0 Å². The lowest BCUT2D eigenvalue weighted by molar-refractivity contribution is -0.307. The molecule has 2 heterocycles. The Morgan fingerprint density at radius 1 is 1.14 bits per heavy atom. The van der Waals surface area contributed by atoms with Crippen LogP contribution in [0.15, 0.2) is 5.11 Å². The molecule has 3 aliphatic rings. The number of hydrogen-bond acceptors (Lipinski definition) is 15. The second-order valence-corrected chi connectivity index (χ2v) is 11.2. The van der Waals surface area contributed by atoms with Crippen LogP contribution < -0.4 is 21.7 Å². The number of likely N-dealkylation sites (N-methyl/N-ethyl adjacent to an activating group) is 1. The molecule has 0 aromatic heterocycles. The summed E-state index contributed by atoms with van der Waals surface area (Å²) in [5.41, 5.74) is 12.5.